The van der Waals surface area contributed by atoms with E-state index in [2.05, 4.69) is 278 Å². The highest BCUT2D eigenvalue weighted by Crippen LogP contribution is 2.46. The van der Waals surface area contributed by atoms with Gasteiger partial charge in [-0.3, -0.25) is 0 Å². The van der Waals surface area contributed by atoms with Gasteiger partial charge in [0.15, 0.2) is 0 Å². The Morgan fingerprint density at radius 1 is 0.260 bits per heavy atom. The van der Waals surface area contributed by atoms with Crippen LogP contribution in [0.2, 0.25) is 0 Å². The third kappa shape index (κ3) is 7.66. The molecule has 12 aromatic carbocycles. The van der Waals surface area contributed by atoms with Crippen molar-refractivity contribution in [1.29, 1.82) is 0 Å². The fourth-order valence-corrected chi connectivity index (χ4v) is 12.1. The average Bonchev–Trinajstić information content (AvgIpc) is 4.03. The van der Waals surface area contributed by atoms with E-state index in [1.165, 1.54) is 75.5 Å². The van der Waals surface area contributed by atoms with Crippen molar-refractivity contribution in [3.63, 3.8) is 0 Å². The molecule has 73 heavy (non-hydrogen) atoms. The van der Waals surface area contributed by atoms with Gasteiger partial charge in [-0.05, 0) is 138 Å². The molecule has 0 aliphatic rings. The monoisotopic (exact) mass is 947 g/mol. The smallest absolute Gasteiger partial charge is 0.137 e. The zero-order chi connectivity index (χ0) is 48.2. The van der Waals surface area contributed by atoms with Crippen LogP contribution in [0.1, 0.15) is 0 Å². The van der Waals surface area contributed by atoms with Gasteiger partial charge in [0.05, 0.1) is 0 Å². The molecule has 0 N–H and O–H groups in total. The molecule has 0 unspecified atom stereocenters. The molecule has 0 atom stereocenters. The SMILES string of the molecule is c1ccc(-c2ccc(-c3cc(-c4ccccc4)cc4oc5cc(N(c6ccc(-c7cccc8ccccc78)cc6)c6ccc(-c7ccccc7)c(-c7ccc8c(c7)sc7ccccc78)c6)ccc5c34)cc2)cc1. The summed E-state index contributed by atoms with van der Waals surface area (Å²) in [7, 11) is 0. The van der Waals surface area contributed by atoms with E-state index < -0.39 is 0 Å². The lowest BCUT2D eigenvalue weighted by Gasteiger charge is -2.27. The predicted octanol–water partition coefficient (Wildman–Crippen LogP) is 20.6. The van der Waals surface area contributed by atoms with Crippen molar-refractivity contribution in [1.82, 2.24) is 0 Å². The lowest BCUT2D eigenvalue weighted by Crippen LogP contribution is -2.10. The second-order valence-electron chi connectivity index (χ2n) is 18.8. The van der Waals surface area contributed by atoms with Gasteiger partial charge in [-0.1, -0.05) is 206 Å². The number of hydrogen-bond donors (Lipinski definition) is 0. The van der Waals surface area contributed by atoms with Gasteiger partial charge in [0.2, 0.25) is 0 Å². The Morgan fingerprint density at radius 3 is 1.58 bits per heavy atom. The average molecular weight is 948 g/mol. The van der Waals surface area contributed by atoms with Gasteiger partial charge < -0.3 is 9.32 Å². The molecule has 0 saturated heterocycles. The molecule has 342 valence electrons. The number of furan rings is 1. The fourth-order valence-electron chi connectivity index (χ4n) is 10.9. The Bertz CT molecular complexity index is 4340. The van der Waals surface area contributed by atoms with Gasteiger partial charge in [-0.2, -0.15) is 0 Å². The van der Waals surface area contributed by atoms with E-state index in [0.29, 0.717) is 0 Å². The van der Waals surface area contributed by atoms with E-state index in [1.807, 2.05) is 11.3 Å². The van der Waals surface area contributed by atoms with Gasteiger partial charge in [0.25, 0.3) is 0 Å². The Balaban J connectivity index is 0.956. The molecule has 0 saturated carbocycles. The minimum Gasteiger partial charge on any atom is -0.456 e. The third-order valence-corrected chi connectivity index (χ3v) is 15.6. The summed E-state index contributed by atoms with van der Waals surface area (Å²) < 4.78 is 9.64. The maximum absolute atomic E-state index is 7.06. The molecule has 0 aliphatic heterocycles. The van der Waals surface area contributed by atoms with E-state index in [-0.39, 0.29) is 0 Å². The van der Waals surface area contributed by atoms with Crippen molar-refractivity contribution >= 4 is 81.3 Å². The first kappa shape index (κ1) is 42.6. The minimum atomic E-state index is 0.827. The van der Waals surface area contributed by atoms with Crippen LogP contribution in [0, 0.1) is 0 Å². The van der Waals surface area contributed by atoms with Crippen LogP contribution in [0.25, 0.3) is 120 Å². The van der Waals surface area contributed by atoms with Crippen molar-refractivity contribution in [3.8, 4) is 66.8 Å². The minimum absolute atomic E-state index is 0.827. The van der Waals surface area contributed by atoms with Crippen molar-refractivity contribution in [2.75, 3.05) is 4.90 Å². The van der Waals surface area contributed by atoms with Crippen LogP contribution >= 0.6 is 11.3 Å². The molecule has 0 radical (unpaired) electrons. The van der Waals surface area contributed by atoms with Crippen LogP contribution < -0.4 is 4.90 Å². The van der Waals surface area contributed by atoms with Crippen LogP contribution in [0.3, 0.4) is 0 Å². The number of hydrogen-bond acceptors (Lipinski definition) is 3. The highest BCUT2D eigenvalue weighted by molar-refractivity contribution is 7.25. The summed E-state index contributed by atoms with van der Waals surface area (Å²) in [6.45, 7) is 0. The second kappa shape index (κ2) is 17.8. The first-order valence-corrected chi connectivity index (χ1v) is 25.7. The molecule has 0 bridgehead atoms. The molecule has 0 aliphatic carbocycles. The van der Waals surface area contributed by atoms with E-state index in [9.17, 15) is 0 Å². The summed E-state index contributed by atoms with van der Waals surface area (Å²) in [5.74, 6) is 0. The number of rotatable bonds is 9. The topological polar surface area (TPSA) is 16.4 Å². The molecule has 0 amide bonds. The van der Waals surface area contributed by atoms with Crippen LogP contribution in [0.5, 0.6) is 0 Å². The summed E-state index contributed by atoms with van der Waals surface area (Å²) in [5.41, 5.74) is 18.8. The van der Waals surface area contributed by atoms with E-state index in [0.717, 1.165) is 61.3 Å². The molecular weight excluding hydrogens is 903 g/mol. The number of fused-ring (bicyclic) bond motifs is 7. The highest BCUT2D eigenvalue weighted by atomic mass is 32.1. The summed E-state index contributed by atoms with van der Waals surface area (Å²) in [6.07, 6.45) is 0. The number of benzene rings is 12. The van der Waals surface area contributed by atoms with Gasteiger partial charge in [0.1, 0.15) is 11.2 Å². The van der Waals surface area contributed by atoms with Crippen LogP contribution in [0.4, 0.5) is 17.1 Å². The third-order valence-electron chi connectivity index (χ3n) is 14.5. The standard InChI is InChI=1S/C70H45NOS/c1-4-15-46(16-5-1)48-27-29-52(30-28-48)65-41-54(47-17-6-2-7-18-47)42-67-70(65)63-40-37-57(45-66(63)72-67)71(55-34-31-51(32-35-55)59-25-14-22-50-21-10-11-23-58(50)59)56-36-39-60(49-19-8-3-9-20-49)64(44-56)53-33-38-62-61-24-12-13-26-68(61)73-69(62)43-53/h1-45H. The maximum atomic E-state index is 7.06. The van der Waals surface area contributed by atoms with Crippen molar-refractivity contribution < 1.29 is 4.42 Å². The molecule has 2 heterocycles. The molecule has 14 aromatic rings. The van der Waals surface area contributed by atoms with Gasteiger partial charge >= 0.3 is 0 Å². The predicted molar refractivity (Wildman–Crippen MR) is 311 cm³/mol. The zero-order valence-corrected chi connectivity index (χ0v) is 40.6. The van der Waals surface area contributed by atoms with Crippen molar-refractivity contribution in [2.24, 2.45) is 0 Å². The largest absolute Gasteiger partial charge is 0.456 e. The fraction of sp³-hybridized carbons (Fsp3) is 0. The van der Waals surface area contributed by atoms with Crippen molar-refractivity contribution in [2.45, 2.75) is 0 Å². The lowest BCUT2D eigenvalue weighted by atomic mass is 9.93. The summed E-state index contributed by atoms with van der Waals surface area (Å²) in [4.78, 5) is 2.38. The molecular formula is C70H45NOS. The highest BCUT2D eigenvalue weighted by Gasteiger charge is 2.21. The first-order chi connectivity index (χ1) is 36.2. The van der Waals surface area contributed by atoms with E-state index in [1.54, 1.807) is 0 Å². The normalized spacial score (nSPS) is 11.6. The first-order valence-electron chi connectivity index (χ1n) is 24.9. The van der Waals surface area contributed by atoms with E-state index in [4.69, 9.17) is 4.42 Å². The lowest BCUT2D eigenvalue weighted by molar-refractivity contribution is 0.669. The Morgan fingerprint density at radius 2 is 0.795 bits per heavy atom. The number of nitrogens with zero attached hydrogens (tertiary/aromatic N) is 1. The Kier molecular flexibility index (Phi) is 10.4. The molecule has 14 rings (SSSR count). The second-order valence-corrected chi connectivity index (χ2v) is 19.9. The van der Waals surface area contributed by atoms with Crippen LogP contribution in [-0.2, 0) is 0 Å². The maximum Gasteiger partial charge on any atom is 0.137 e. The zero-order valence-electron chi connectivity index (χ0n) is 39.7. The molecule has 3 heteroatoms. The Labute approximate surface area is 427 Å². The summed E-state index contributed by atoms with van der Waals surface area (Å²) in [6, 6.07) is 99.1. The molecule has 2 aromatic heterocycles. The Hall–Kier alpha value is -9.28. The van der Waals surface area contributed by atoms with Crippen LogP contribution in [-0.4, -0.2) is 0 Å². The number of thiophene rings is 1. The molecule has 0 spiro atoms. The van der Waals surface area contributed by atoms with Crippen LogP contribution in [0.15, 0.2) is 277 Å². The summed E-state index contributed by atoms with van der Waals surface area (Å²) >= 11 is 1.86. The van der Waals surface area contributed by atoms with E-state index >= 15 is 0 Å². The van der Waals surface area contributed by atoms with Gasteiger partial charge in [-0.25, -0.2) is 0 Å². The van der Waals surface area contributed by atoms with Gasteiger partial charge in [-0.15, -0.1) is 11.3 Å². The summed E-state index contributed by atoms with van der Waals surface area (Å²) in [5, 5.41) is 7.23. The quantitative estimate of drug-likeness (QED) is 0.143. The van der Waals surface area contributed by atoms with Gasteiger partial charge in [0, 0.05) is 54.1 Å². The number of anilines is 3. The molecule has 2 nitrogen and oxygen atoms in total. The molecule has 0 fully saturated rings. The van der Waals surface area contributed by atoms with Crippen molar-refractivity contribution in [3.05, 3.63) is 273 Å².